The van der Waals surface area contributed by atoms with Crippen LogP contribution in [0.3, 0.4) is 0 Å². The molecule has 5 nitrogen and oxygen atoms in total. The summed E-state index contributed by atoms with van der Waals surface area (Å²) in [5, 5.41) is 8.54. The van der Waals surface area contributed by atoms with Crippen molar-refractivity contribution >= 4 is 18.5 Å². The van der Waals surface area contributed by atoms with Crippen LogP contribution >= 0.6 is 0 Å². The van der Waals surface area contributed by atoms with E-state index in [9.17, 15) is 4.79 Å². The van der Waals surface area contributed by atoms with Gasteiger partial charge < -0.3 is 10.8 Å². The minimum atomic E-state index is -1.01. The minimum absolute atomic E-state index is 0.280. The lowest BCUT2D eigenvalue weighted by molar-refractivity contribution is -0.138. The van der Waals surface area contributed by atoms with Gasteiger partial charge in [-0.05, 0) is 6.92 Å². The van der Waals surface area contributed by atoms with Crippen molar-refractivity contribution in [3.05, 3.63) is 0 Å². The van der Waals surface area contributed by atoms with Crippen molar-refractivity contribution in [2.45, 2.75) is 24.9 Å². The summed E-state index contributed by atoms with van der Waals surface area (Å²) >= 11 is 0. The first-order chi connectivity index (χ1) is 5.53. The van der Waals surface area contributed by atoms with Gasteiger partial charge in [-0.1, -0.05) is 0 Å². The van der Waals surface area contributed by atoms with Gasteiger partial charge in [-0.15, -0.1) is 0 Å². The van der Waals surface area contributed by atoms with Crippen LogP contribution in [0.25, 0.3) is 0 Å². The van der Waals surface area contributed by atoms with Crippen molar-refractivity contribution in [2.75, 3.05) is 0 Å². The van der Waals surface area contributed by atoms with E-state index in [2.05, 4.69) is 9.98 Å². The van der Waals surface area contributed by atoms with Gasteiger partial charge in [0.2, 0.25) is 0 Å². The van der Waals surface area contributed by atoms with Crippen molar-refractivity contribution in [3.8, 4) is 0 Å². The zero-order chi connectivity index (χ0) is 9.19. The number of carboxylic acid groups (broad SMARTS) is 1. The van der Waals surface area contributed by atoms with Crippen molar-refractivity contribution in [2.24, 2.45) is 15.7 Å². The first-order valence-corrected chi connectivity index (χ1v) is 3.60. The maximum atomic E-state index is 10.4. The van der Waals surface area contributed by atoms with E-state index >= 15 is 0 Å². The van der Waals surface area contributed by atoms with Gasteiger partial charge in [0.25, 0.3) is 0 Å². The normalized spacial score (nSPS) is 29.2. The first kappa shape index (κ1) is 8.86. The minimum Gasteiger partial charge on any atom is -0.480 e. The second-order valence-electron chi connectivity index (χ2n) is 3.03. The lowest BCUT2D eigenvalue weighted by Gasteiger charge is -2.18. The van der Waals surface area contributed by atoms with Crippen LogP contribution in [0.2, 0.25) is 0 Å². The van der Waals surface area contributed by atoms with E-state index in [4.69, 9.17) is 10.8 Å². The molecule has 0 bridgehead atoms. The van der Waals surface area contributed by atoms with E-state index < -0.39 is 17.6 Å². The Morgan fingerprint density at radius 2 is 2.50 bits per heavy atom. The summed E-state index contributed by atoms with van der Waals surface area (Å²) in [7, 11) is 0. The van der Waals surface area contributed by atoms with Crippen LogP contribution in [0, 0.1) is 0 Å². The number of hydrogen-bond donors (Lipinski definition) is 2. The van der Waals surface area contributed by atoms with Crippen LogP contribution < -0.4 is 5.73 Å². The lowest BCUT2D eigenvalue weighted by atomic mass is 9.96. The SMILES string of the molecule is CC1(CC(N)C(=O)O)C=NC=N1. The number of hydrogen-bond acceptors (Lipinski definition) is 4. The van der Waals surface area contributed by atoms with E-state index in [0.29, 0.717) is 0 Å². The van der Waals surface area contributed by atoms with E-state index in [-0.39, 0.29) is 6.42 Å². The molecule has 1 rings (SSSR count). The maximum Gasteiger partial charge on any atom is 0.320 e. The molecule has 3 N–H and O–H groups in total. The van der Waals surface area contributed by atoms with Crippen LogP contribution in [-0.4, -0.2) is 35.2 Å². The zero-order valence-electron chi connectivity index (χ0n) is 6.77. The summed E-state index contributed by atoms with van der Waals surface area (Å²) in [4.78, 5) is 18.2. The number of aliphatic imine (C=N–C) groups is 2. The van der Waals surface area contributed by atoms with Crippen LogP contribution in [-0.2, 0) is 4.79 Å². The molecule has 0 aliphatic carbocycles. The molecule has 66 valence electrons. The highest BCUT2D eigenvalue weighted by atomic mass is 16.4. The van der Waals surface area contributed by atoms with Gasteiger partial charge in [-0.3, -0.25) is 9.79 Å². The van der Waals surface area contributed by atoms with Crippen LogP contribution in [0.4, 0.5) is 0 Å². The molecule has 1 aliphatic heterocycles. The molecule has 0 radical (unpaired) electrons. The Morgan fingerprint density at radius 3 is 2.92 bits per heavy atom. The second-order valence-corrected chi connectivity index (χ2v) is 3.03. The second kappa shape index (κ2) is 3.02. The molecular weight excluding hydrogens is 158 g/mol. The highest BCUT2D eigenvalue weighted by Crippen LogP contribution is 2.17. The Balaban J connectivity index is 2.56. The standard InChI is InChI=1S/C7H11N3O2/c1-7(3-9-4-10-7)2-5(8)6(11)12/h3-5H,2,8H2,1H3,(H,11,12). The molecule has 0 saturated heterocycles. The molecule has 1 aliphatic rings. The van der Waals surface area contributed by atoms with Crippen LogP contribution in [0.5, 0.6) is 0 Å². The van der Waals surface area contributed by atoms with Gasteiger partial charge >= 0.3 is 5.97 Å². The molecule has 5 heteroatoms. The summed E-state index contributed by atoms with van der Waals surface area (Å²) in [5.74, 6) is -1.01. The van der Waals surface area contributed by atoms with Gasteiger partial charge in [-0.25, -0.2) is 4.99 Å². The van der Waals surface area contributed by atoms with Gasteiger partial charge in [-0.2, -0.15) is 0 Å². The lowest BCUT2D eigenvalue weighted by Crippen LogP contribution is -2.38. The topological polar surface area (TPSA) is 88.0 Å². The summed E-state index contributed by atoms with van der Waals surface area (Å²) in [5.41, 5.74) is 4.82. The monoisotopic (exact) mass is 169 g/mol. The number of aliphatic carboxylic acids is 1. The molecule has 0 spiro atoms. The first-order valence-electron chi connectivity index (χ1n) is 3.60. The predicted molar refractivity (Wildman–Crippen MR) is 45.6 cm³/mol. The highest BCUT2D eigenvalue weighted by molar-refractivity contribution is 5.86. The van der Waals surface area contributed by atoms with Crippen LogP contribution in [0.15, 0.2) is 9.98 Å². The summed E-state index contributed by atoms with van der Waals surface area (Å²) in [6.07, 6.45) is 3.30. The third-order valence-electron chi connectivity index (χ3n) is 1.72. The molecule has 1 heterocycles. The van der Waals surface area contributed by atoms with Gasteiger partial charge in [0.15, 0.2) is 0 Å². The fraction of sp³-hybridized carbons (Fsp3) is 0.571. The number of carboxylic acids is 1. The van der Waals surface area contributed by atoms with E-state index in [0.717, 1.165) is 0 Å². The fourth-order valence-corrected chi connectivity index (χ4v) is 1.03. The molecule has 0 saturated carbocycles. The zero-order valence-corrected chi connectivity index (χ0v) is 6.77. The van der Waals surface area contributed by atoms with Crippen molar-refractivity contribution < 1.29 is 9.90 Å². The smallest absolute Gasteiger partial charge is 0.320 e. The van der Waals surface area contributed by atoms with Gasteiger partial charge in [0.05, 0.1) is 5.54 Å². The van der Waals surface area contributed by atoms with Crippen molar-refractivity contribution in [3.63, 3.8) is 0 Å². The van der Waals surface area contributed by atoms with Crippen LogP contribution in [0.1, 0.15) is 13.3 Å². The van der Waals surface area contributed by atoms with E-state index in [1.807, 2.05) is 0 Å². The Hall–Kier alpha value is -1.23. The molecule has 0 amide bonds. The predicted octanol–water partition coefficient (Wildman–Crippen LogP) is -0.340. The molecule has 0 aromatic carbocycles. The molecule has 0 aromatic heterocycles. The van der Waals surface area contributed by atoms with Gasteiger partial charge in [0, 0.05) is 12.6 Å². The summed E-state index contributed by atoms with van der Waals surface area (Å²) < 4.78 is 0. The van der Waals surface area contributed by atoms with Crippen molar-refractivity contribution in [1.29, 1.82) is 0 Å². The number of nitrogens with two attached hydrogens (primary N) is 1. The molecule has 12 heavy (non-hydrogen) atoms. The third-order valence-corrected chi connectivity index (χ3v) is 1.72. The number of carbonyl (C=O) groups is 1. The van der Waals surface area contributed by atoms with Gasteiger partial charge in [0.1, 0.15) is 12.4 Å². The third kappa shape index (κ3) is 1.88. The largest absolute Gasteiger partial charge is 0.480 e. The highest BCUT2D eigenvalue weighted by Gasteiger charge is 2.28. The van der Waals surface area contributed by atoms with E-state index in [1.165, 1.54) is 6.34 Å². The maximum absolute atomic E-state index is 10.4. The Bertz CT molecular complexity index is 235. The Labute approximate surface area is 70.0 Å². The summed E-state index contributed by atoms with van der Waals surface area (Å²) in [6.45, 7) is 1.79. The number of rotatable bonds is 3. The average molecular weight is 169 g/mol. The fourth-order valence-electron chi connectivity index (χ4n) is 1.03. The Morgan fingerprint density at radius 1 is 1.83 bits per heavy atom. The van der Waals surface area contributed by atoms with E-state index in [1.54, 1.807) is 13.1 Å². The quantitative estimate of drug-likeness (QED) is 0.605. The summed E-state index contributed by atoms with van der Waals surface area (Å²) in [6, 6.07) is -0.878. The average Bonchev–Trinajstić information content (AvgIpc) is 2.35. The molecular formula is C7H11N3O2. The molecule has 2 atom stereocenters. The molecule has 0 fully saturated rings. The molecule has 0 aromatic rings. The van der Waals surface area contributed by atoms with Crippen molar-refractivity contribution in [1.82, 2.24) is 0 Å². The Kier molecular flexibility index (Phi) is 2.23. The number of nitrogens with zero attached hydrogens (tertiary/aromatic N) is 2. The molecule has 2 unspecified atom stereocenters.